The van der Waals surface area contributed by atoms with Crippen molar-refractivity contribution in [3.8, 4) is 5.75 Å². The van der Waals surface area contributed by atoms with E-state index >= 15 is 0 Å². The Morgan fingerprint density at radius 2 is 1.71 bits per heavy atom. The maximum Gasteiger partial charge on any atom is 0.265 e. The highest BCUT2D eigenvalue weighted by Gasteiger charge is 2.30. The van der Waals surface area contributed by atoms with E-state index in [-0.39, 0.29) is 39.5 Å². The summed E-state index contributed by atoms with van der Waals surface area (Å²) in [5, 5.41) is 11.2. The summed E-state index contributed by atoms with van der Waals surface area (Å²) in [6.45, 7) is 5.54. The normalized spacial score (nSPS) is 13.7. The highest BCUT2D eigenvalue weighted by atomic mass is 35.5. The van der Waals surface area contributed by atoms with Crippen molar-refractivity contribution >= 4 is 69.7 Å². The molecule has 196 valence electrons. The van der Waals surface area contributed by atoms with Crippen molar-refractivity contribution < 1.29 is 19.1 Å². The van der Waals surface area contributed by atoms with E-state index in [1.807, 2.05) is 32.0 Å². The Kier molecular flexibility index (Phi) is 8.26. The molecule has 0 fully saturated rings. The van der Waals surface area contributed by atoms with Crippen LogP contribution in [0.15, 0.2) is 59.7 Å². The number of nitrogens with one attached hydrogen (secondary N) is 2. The summed E-state index contributed by atoms with van der Waals surface area (Å²) in [4.78, 5) is 38.1. The molecule has 1 unspecified atom stereocenters. The van der Waals surface area contributed by atoms with E-state index in [1.54, 1.807) is 25.1 Å². The predicted molar refractivity (Wildman–Crippen MR) is 150 cm³/mol. The van der Waals surface area contributed by atoms with E-state index in [0.29, 0.717) is 16.5 Å². The van der Waals surface area contributed by atoms with Crippen LogP contribution in [0.25, 0.3) is 0 Å². The molecule has 11 heteroatoms. The van der Waals surface area contributed by atoms with Gasteiger partial charge in [0.2, 0.25) is 0 Å². The van der Waals surface area contributed by atoms with Gasteiger partial charge in [0.05, 0.1) is 16.5 Å². The molecule has 0 radical (unpaired) electrons. The van der Waals surface area contributed by atoms with E-state index < -0.39 is 17.9 Å². The summed E-state index contributed by atoms with van der Waals surface area (Å²) < 4.78 is 5.81. The van der Waals surface area contributed by atoms with Gasteiger partial charge < -0.3 is 15.4 Å². The number of nitrogens with zero attached hydrogens (tertiary/aromatic N) is 2. The van der Waals surface area contributed by atoms with Crippen LogP contribution in [0.3, 0.4) is 0 Å². The Morgan fingerprint density at radius 3 is 2.39 bits per heavy atom. The number of rotatable bonds is 6. The minimum absolute atomic E-state index is 0.118. The fourth-order valence-corrected chi connectivity index (χ4v) is 4.75. The van der Waals surface area contributed by atoms with Gasteiger partial charge in [-0.15, -0.1) is 0 Å². The number of aryl methyl sites for hydroxylation is 2. The predicted octanol–water partition coefficient (Wildman–Crippen LogP) is 6.15. The third-order valence-electron chi connectivity index (χ3n) is 5.62. The van der Waals surface area contributed by atoms with Crippen LogP contribution in [-0.2, 0) is 9.59 Å². The molecule has 8 nitrogen and oxygen atoms in total. The zero-order valence-corrected chi connectivity index (χ0v) is 22.9. The van der Waals surface area contributed by atoms with Crippen LogP contribution in [0.1, 0.15) is 34.8 Å². The summed E-state index contributed by atoms with van der Waals surface area (Å²) in [5.41, 5.74) is 2.86. The SMILES string of the molecule is Cc1ccc(OC(C)C(=O)Nc2cccc(C(=O)NC3=NN(c4c(Cl)cc(Cl)cc4Cl)C(=O)C3)c2)c(C)c1. The first-order chi connectivity index (χ1) is 18.0. The number of amidine groups is 1. The fraction of sp³-hybridized carbons (Fsp3) is 0.185. The summed E-state index contributed by atoms with van der Waals surface area (Å²) in [7, 11) is 0. The second kappa shape index (κ2) is 11.4. The molecule has 1 aliphatic rings. The highest BCUT2D eigenvalue weighted by molar-refractivity contribution is 6.42. The number of carbonyl (C=O) groups is 3. The standard InChI is InChI=1S/C27H23Cl3N4O4/c1-14-7-8-22(15(2)9-14)38-16(3)26(36)31-19-6-4-5-17(10-19)27(37)32-23-13-24(35)34(33-23)25-20(29)11-18(28)12-21(25)30/h4-12,16H,13H2,1-3H3,(H,31,36)(H,32,33,37). The zero-order chi connectivity index (χ0) is 27.6. The lowest BCUT2D eigenvalue weighted by Crippen LogP contribution is -2.31. The Labute approximate surface area is 234 Å². The third-order valence-corrected chi connectivity index (χ3v) is 6.42. The molecule has 3 aromatic rings. The van der Waals surface area contributed by atoms with Crippen molar-refractivity contribution in [2.24, 2.45) is 5.10 Å². The van der Waals surface area contributed by atoms with Crippen LogP contribution in [0.5, 0.6) is 5.75 Å². The summed E-state index contributed by atoms with van der Waals surface area (Å²) in [5.74, 6) is -0.575. The van der Waals surface area contributed by atoms with Crippen molar-refractivity contribution in [2.75, 3.05) is 10.3 Å². The summed E-state index contributed by atoms with van der Waals surface area (Å²) in [6, 6.07) is 15.0. The van der Waals surface area contributed by atoms with Crippen LogP contribution in [0.4, 0.5) is 11.4 Å². The highest BCUT2D eigenvalue weighted by Crippen LogP contribution is 2.38. The molecule has 0 saturated heterocycles. The molecule has 4 rings (SSSR count). The molecule has 0 aliphatic carbocycles. The van der Waals surface area contributed by atoms with Gasteiger partial charge in [-0.2, -0.15) is 10.1 Å². The lowest BCUT2D eigenvalue weighted by Gasteiger charge is -2.17. The molecule has 0 bridgehead atoms. The number of hydrogen-bond acceptors (Lipinski definition) is 5. The first kappa shape index (κ1) is 27.4. The lowest BCUT2D eigenvalue weighted by atomic mass is 10.1. The monoisotopic (exact) mass is 572 g/mol. The van der Waals surface area contributed by atoms with Gasteiger partial charge in [-0.3, -0.25) is 14.4 Å². The van der Waals surface area contributed by atoms with Crippen molar-refractivity contribution in [3.63, 3.8) is 0 Å². The maximum atomic E-state index is 12.9. The molecule has 1 heterocycles. The van der Waals surface area contributed by atoms with Gasteiger partial charge in [0, 0.05) is 16.3 Å². The molecule has 3 amide bonds. The number of ether oxygens (including phenoxy) is 1. The largest absolute Gasteiger partial charge is 0.481 e. The van der Waals surface area contributed by atoms with Gasteiger partial charge in [0.25, 0.3) is 17.7 Å². The second-order valence-electron chi connectivity index (χ2n) is 8.70. The van der Waals surface area contributed by atoms with Gasteiger partial charge in [-0.1, -0.05) is 58.6 Å². The number of hydrazone groups is 1. The molecular formula is C27H23Cl3N4O4. The number of carbonyl (C=O) groups excluding carboxylic acids is 3. The van der Waals surface area contributed by atoms with Crippen molar-refractivity contribution in [3.05, 3.63) is 86.4 Å². The maximum absolute atomic E-state index is 12.9. The molecular weight excluding hydrogens is 551 g/mol. The average molecular weight is 574 g/mol. The molecule has 1 atom stereocenters. The molecule has 3 aromatic carbocycles. The van der Waals surface area contributed by atoms with E-state index in [2.05, 4.69) is 15.7 Å². The van der Waals surface area contributed by atoms with E-state index in [4.69, 9.17) is 39.5 Å². The van der Waals surface area contributed by atoms with Gasteiger partial charge in [0.15, 0.2) is 6.10 Å². The van der Waals surface area contributed by atoms with Crippen LogP contribution in [0.2, 0.25) is 15.1 Å². The minimum Gasteiger partial charge on any atom is -0.481 e. The van der Waals surface area contributed by atoms with E-state index in [1.165, 1.54) is 18.2 Å². The lowest BCUT2D eigenvalue weighted by molar-refractivity contribution is -0.122. The smallest absolute Gasteiger partial charge is 0.265 e. The third kappa shape index (κ3) is 6.27. The first-order valence-electron chi connectivity index (χ1n) is 11.5. The first-order valence-corrected chi connectivity index (χ1v) is 12.7. The number of hydrogen-bond donors (Lipinski definition) is 2. The van der Waals surface area contributed by atoms with E-state index in [9.17, 15) is 14.4 Å². The van der Waals surface area contributed by atoms with Crippen molar-refractivity contribution in [1.82, 2.24) is 5.32 Å². The van der Waals surface area contributed by atoms with Crippen LogP contribution in [-0.4, -0.2) is 29.7 Å². The molecule has 0 aromatic heterocycles. The quantitative estimate of drug-likeness (QED) is 0.369. The molecule has 2 N–H and O–H groups in total. The van der Waals surface area contributed by atoms with Crippen LogP contribution >= 0.6 is 34.8 Å². The molecule has 0 saturated carbocycles. The molecule has 0 spiro atoms. The van der Waals surface area contributed by atoms with Gasteiger partial charge in [-0.25, -0.2) is 0 Å². The molecule has 1 aliphatic heterocycles. The number of amides is 3. The van der Waals surface area contributed by atoms with Crippen LogP contribution in [0, 0.1) is 13.8 Å². The van der Waals surface area contributed by atoms with Gasteiger partial charge in [-0.05, 0) is 62.7 Å². The van der Waals surface area contributed by atoms with Gasteiger partial charge in [0.1, 0.15) is 17.3 Å². The topological polar surface area (TPSA) is 100 Å². The Hall–Kier alpha value is -3.59. The van der Waals surface area contributed by atoms with E-state index in [0.717, 1.165) is 16.1 Å². The molecule has 38 heavy (non-hydrogen) atoms. The number of halogens is 3. The van der Waals surface area contributed by atoms with Gasteiger partial charge >= 0.3 is 0 Å². The zero-order valence-electron chi connectivity index (χ0n) is 20.6. The summed E-state index contributed by atoms with van der Waals surface area (Å²) >= 11 is 18.4. The Morgan fingerprint density at radius 1 is 1.00 bits per heavy atom. The van der Waals surface area contributed by atoms with Crippen molar-refractivity contribution in [1.29, 1.82) is 0 Å². The van der Waals surface area contributed by atoms with Crippen molar-refractivity contribution in [2.45, 2.75) is 33.3 Å². The van der Waals surface area contributed by atoms with Crippen LogP contribution < -0.4 is 20.4 Å². The second-order valence-corrected chi connectivity index (χ2v) is 9.95. The number of benzene rings is 3. The summed E-state index contributed by atoms with van der Waals surface area (Å²) in [6.07, 6.45) is -0.935. The Bertz CT molecular complexity index is 1450. The number of anilines is 2. The average Bonchev–Trinajstić information content (AvgIpc) is 3.19. The minimum atomic E-state index is -0.773. The Balaban J connectivity index is 1.42. The fourth-order valence-electron chi connectivity index (χ4n) is 3.77.